The van der Waals surface area contributed by atoms with E-state index in [9.17, 15) is 18.0 Å². The van der Waals surface area contributed by atoms with Crippen LogP contribution in [0.5, 0.6) is 0 Å². The van der Waals surface area contributed by atoms with E-state index in [1.807, 2.05) is 0 Å². The second-order valence-corrected chi connectivity index (χ2v) is 3.05. The maximum Gasteiger partial charge on any atom is 0.405 e. The molecule has 1 amide bonds. The molecule has 0 saturated carbocycles. The van der Waals surface area contributed by atoms with Crippen LogP contribution in [0.25, 0.3) is 0 Å². The van der Waals surface area contributed by atoms with Crippen molar-refractivity contribution < 1.29 is 18.0 Å². The smallest absolute Gasteiger partial charge is 0.346 e. The van der Waals surface area contributed by atoms with Crippen LogP contribution in [0.3, 0.4) is 0 Å². The van der Waals surface area contributed by atoms with Gasteiger partial charge in [0.25, 0.3) is 0 Å². The first-order valence-electron chi connectivity index (χ1n) is 3.68. The van der Waals surface area contributed by atoms with Crippen molar-refractivity contribution in [3.63, 3.8) is 0 Å². The predicted molar refractivity (Wildman–Crippen MR) is 46.9 cm³/mol. The first-order chi connectivity index (χ1) is 6.31. The van der Waals surface area contributed by atoms with Gasteiger partial charge in [-0.25, -0.2) is 0 Å². The summed E-state index contributed by atoms with van der Waals surface area (Å²) in [6.07, 6.45) is -4.38. The summed E-state index contributed by atoms with van der Waals surface area (Å²) in [6.45, 7) is 1.97. The van der Waals surface area contributed by atoms with Crippen molar-refractivity contribution in [3.05, 3.63) is 11.6 Å². The van der Waals surface area contributed by atoms with Crippen molar-refractivity contribution in [3.8, 4) is 0 Å². The van der Waals surface area contributed by atoms with Crippen molar-refractivity contribution >= 4 is 17.5 Å². The minimum absolute atomic E-state index is 0.182. The summed E-state index contributed by atoms with van der Waals surface area (Å²) < 4.78 is 34.8. The van der Waals surface area contributed by atoms with Gasteiger partial charge in [-0.15, -0.1) is 0 Å². The Kier molecular flexibility index (Phi) is 5.56. The van der Waals surface area contributed by atoms with Crippen molar-refractivity contribution in [2.45, 2.75) is 6.18 Å². The molecule has 0 heterocycles. The zero-order valence-electron chi connectivity index (χ0n) is 7.25. The van der Waals surface area contributed by atoms with E-state index in [2.05, 4.69) is 11.9 Å². The van der Waals surface area contributed by atoms with Crippen LogP contribution in [-0.4, -0.2) is 31.7 Å². The fourth-order valence-corrected chi connectivity index (χ4v) is 0.667. The molecule has 0 aromatic rings. The van der Waals surface area contributed by atoms with E-state index in [1.165, 1.54) is 0 Å². The summed E-state index contributed by atoms with van der Waals surface area (Å²) in [7, 11) is 0. The Bertz CT molecular complexity index is 217. The van der Waals surface area contributed by atoms with Gasteiger partial charge < -0.3 is 10.6 Å². The molecule has 0 aliphatic carbocycles. The van der Waals surface area contributed by atoms with E-state index in [0.717, 1.165) is 0 Å². The van der Waals surface area contributed by atoms with Crippen LogP contribution in [0, 0.1) is 0 Å². The summed E-state index contributed by atoms with van der Waals surface area (Å²) in [4.78, 5) is 10.7. The van der Waals surface area contributed by atoms with E-state index in [1.54, 1.807) is 5.32 Å². The van der Waals surface area contributed by atoms with Crippen LogP contribution in [0.1, 0.15) is 0 Å². The zero-order valence-corrected chi connectivity index (χ0v) is 8.00. The Balaban J connectivity index is 3.52. The lowest BCUT2D eigenvalue weighted by Crippen LogP contribution is -2.39. The van der Waals surface area contributed by atoms with Gasteiger partial charge in [0.1, 0.15) is 6.54 Å². The Hall–Kier alpha value is -0.750. The maximum atomic E-state index is 11.6. The third-order valence-corrected chi connectivity index (χ3v) is 1.22. The Morgan fingerprint density at radius 1 is 1.36 bits per heavy atom. The van der Waals surface area contributed by atoms with Crippen LogP contribution in [0.2, 0.25) is 0 Å². The minimum Gasteiger partial charge on any atom is -0.346 e. The van der Waals surface area contributed by atoms with E-state index >= 15 is 0 Å². The number of rotatable bonds is 5. The van der Waals surface area contributed by atoms with Gasteiger partial charge >= 0.3 is 6.18 Å². The molecule has 2 N–H and O–H groups in total. The van der Waals surface area contributed by atoms with E-state index in [-0.39, 0.29) is 18.1 Å². The highest BCUT2D eigenvalue weighted by atomic mass is 35.5. The SMILES string of the molecule is C=C(Cl)CNCC(=O)NCC(F)(F)F. The van der Waals surface area contributed by atoms with Crippen LogP contribution in [0.4, 0.5) is 13.2 Å². The molecule has 0 atom stereocenters. The molecule has 0 bridgehead atoms. The van der Waals surface area contributed by atoms with Gasteiger partial charge in [0.2, 0.25) is 5.91 Å². The number of hydrogen-bond acceptors (Lipinski definition) is 2. The van der Waals surface area contributed by atoms with Gasteiger partial charge in [0.15, 0.2) is 0 Å². The lowest BCUT2D eigenvalue weighted by atomic mass is 10.5. The summed E-state index contributed by atoms with van der Waals surface area (Å²) in [5.41, 5.74) is 0. The Labute approximate surface area is 84.3 Å². The molecule has 7 heteroatoms. The molecule has 82 valence electrons. The molecule has 0 fully saturated rings. The molecule has 0 aliphatic rings. The first kappa shape index (κ1) is 13.2. The highest BCUT2D eigenvalue weighted by Crippen LogP contribution is 2.11. The average Bonchev–Trinajstić information content (AvgIpc) is 1.99. The van der Waals surface area contributed by atoms with Gasteiger partial charge in [-0.3, -0.25) is 4.79 Å². The monoisotopic (exact) mass is 230 g/mol. The summed E-state index contributed by atoms with van der Waals surface area (Å²) in [6, 6.07) is 0. The topological polar surface area (TPSA) is 41.1 Å². The number of halogens is 4. The standard InChI is InChI=1S/C7H10ClF3N2O/c1-5(8)2-12-3-6(14)13-4-7(9,10)11/h12H,1-4H2,(H,13,14). The molecule has 3 nitrogen and oxygen atoms in total. The van der Waals surface area contributed by atoms with E-state index < -0.39 is 18.6 Å². The molecule has 14 heavy (non-hydrogen) atoms. The number of carbonyl (C=O) groups excluding carboxylic acids is 1. The number of nitrogens with one attached hydrogen (secondary N) is 2. The van der Waals surface area contributed by atoms with Gasteiger partial charge in [-0.05, 0) is 0 Å². The molecular weight excluding hydrogens is 221 g/mol. The fraction of sp³-hybridized carbons (Fsp3) is 0.571. The Morgan fingerprint density at radius 2 is 1.93 bits per heavy atom. The van der Waals surface area contributed by atoms with Crippen molar-refractivity contribution in [2.24, 2.45) is 0 Å². The Morgan fingerprint density at radius 3 is 2.36 bits per heavy atom. The number of alkyl halides is 3. The largest absolute Gasteiger partial charge is 0.405 e. The molecule has 0 radical (unpaired) electrons. The lowest BCUT2D eigenvalue weighted by molar-refractivity contribution is -0.137. The lowest BCUT2D eigenvalue weighted by Gasteiger charge is -2.08. The number of carbonyl (C=O) groups is 1. The second-order valence-electron chi connectivity index (χ2n) is 2.51. The summed E-state index contributed by atoms with van der Waals surface area (Å²) >= 11 is 5.34. The predicted octanol–water partition coefficient (Wildman–Crippen LogP) is 1.01. The van der Waals surface area contributed by atoms with Gasteiger partial charge in [-0.1, -0.05) is 18.2 Å². The van der Waals surface area contributed by atoms with Crippen LogP contribution < -0.4 is 10.6 Å². The highest BCUT2D eigenvalue weighted by molar-refractivity contribution is 6.29. The molecule has 0 aromatic carbocycles. The van der Waals surface area contributed by atoms with Crippen LogP contribution in [-0.2, 0) is 4.79 Å². The molecular formula is C7H10ClF3N2O. The highest BCUT2D eigenvalue weighted by Gasteiger charge is 2.27. The van der Waals surface area contributed by atoms with Crippen LogP contribution >= 0.6 is 11.6 Å². The van der Waals surface area contributed by atoms with Gasteiger partial charge in [0, 0.05) is 11.6 Å². The molecule has 0 spiro atoms. The van der Waals surface area contributed by atoms with E-state index in [4.69, 9.17) is 11.6 Å². The third-order valence-electron chi connectivity index (χ3n) is 1.09. The molecule has 0 unspecified atom stereocenters. The van der Waals surface area contributed by atoms with Gasteiger partial charge in [-0.2, -0.15) is 13.2 Å². The normalized spacial score (nSPS) is 11.1. The third kappa shape index (κ3) is 9.34. The quantitative estimate of drug-likeness (QED) is 0.740. The average molecular weight is 231 g/mol. The number of hydrogen-bond donors (Lipinski definition) is 2. The molecule has 0 saturated heterocycles. The maximum absolute atomic E-state index is 11.6. The van der Waals surface area contributed by atoms with Crippen molar-refractivity contribution in [1.29, 1.82) is 0 Å². The first-order valence-corrected chi connectivity index (χ1v) is 4.06. The fourth-order valence-electron chi connectivity index (χ4n) is 0.573. The molecule has 0 aliphatic heterocycles. The zero-order chi connectivity index (χ0) is 11.2. The van der Waals surface area contributed by atoms with Crippen LogP contribution in [0.15, 0.2) is 11.6 Å². The molecule has 0 aromatic heterocycles. The summed E-state index contributed by atoms with van der Waals surface area (Å²) in [5, 5.41) is 4.49. The van der Waals surface area contributed by atoms with E-state index in [0.29, 0.717) is 0 Å². The molecule has 0 rings (SSSR count). The summed E-state index contributed by atoms with van der Waals surface area (Å²) in [5.74, 6) is -0.736. The van der Waals surface area contributed by atoms with Crippen molar-refractivity contribution in [2.75, 3.05) is 19.6 Å². The van der Waals surface area contributed by atoms with Gasteiger partial charge in [0.05, 0.1) is 6.54 Å². The number of amides is 1. The van der Waals surface area contributed by atoms with Crippen molar-refractivity contribution in [1.82, 2.24) is 10.6 Å². The minimum atomic E-state index is -4.38. The second kappa shape index (κ2) is 5.87.